The van der Waals surface area contributed by atoms with Crippen LogP contribution in [0.1, 0.15) is 5.56 Å². The first kappa shape index (κ1) is 20.5. The molecule has 37 heavy (non-hydrogen) atoms. The highest BCUT2D eigenvalue weighted by Crippen LogP contribution is 2.47. The van der Waals surface area contributed by atoms with Crippen molar-refractivity contribution in [2.45, 2.75) is 6.92 Å². The summed E-state index contributed by atoms with van der Waals surface area (Å²) in [6, 6.07) is 43.2. The third-order valence-electron chi connectivity index (χ3n) is 7.67. The molecule has 0 N–H and O–H groups in total. The van der Waals surface area contributed by atoms with Crippen LogP contribution in [0.5, 0.6) is 0 Å². The van der Waals surface area contributed by atoms with Crippen LogP contribution in [-0.4, -0.2) is 6.85 Å². The summed E-state index contributed by atoms with van der Waals surface area (Å²) < 4.78 is 6.72. The molecule has 2 aliphatic heterocycles. The molecule has 3 heterocycles. The third-order valence-corrected chi connectivity index (χ3v) is 7.67. The average molecular weight is 474 g/mol. The molecule has 0 saturated carbocycles. The number of para-hydroxylation sites is 4. The Labute approximate surface area is 216 Å². The van der Waals surface area contributed by atoms with Gasteiger partial charge in [0.05, 0.1) is 0 Å². The fourth-order valence-corrected chi connectivity index (χ4v) is 6.23. The summed E-state index contributed by atoms with van der Waals surface area (Å²) in [7, 11) is 0. The Morgan fingerprint density at radius 3 is 2.08 bits per heavy atom. The van der Waals surface area contributed by atoms with Gasteiger partial charge in [0, 0.05) is 39.2 Å². The van der Waals surface area contributed by atoms with E-state index in [4.69, 9.17) is 4.42 Å². The van der Waals surface area contributed by atoms with Gasteiger partial charge in [0.1, 0.15) is 5.58 Å². The Morgan fingerprint density at radius 2 is 1.27 bits per heavy atom. The van der Waals surface area contributed by atoms with Crippen molar-refractivity contribution in [1.82, 2.24) is 0 Å². The molecule has 0 radical (unpaired) electrons. The summed E-state index contributed by atoms with van der Waals surface area (Å²) in [4.78, 5) is 4.81. The zero-order chi connectivity index (χ0) is 24.5. The van der Waals surface area contributed by atoms with E-state index in [1.165, 1.54) is 44.7 Å². The van der Waals surface area contributed by atoms with Crippen molar-refractivity contribution in [3.05, 3.63) is 127 Å². The van der Waals surface area contributed by atoms with Gasteiger partial charge in [-0.15, -0.1) is 0 Å². The van der Waals surface area contributed by atoms with Crippen LogP contribution in [-0.2, 0) is 0 Å². The molecule has 0 amide bonds. The van der Waals surface area contributed by atoms with Gasteiger partial charge in [-0.25, -0.2) is 0 Å². The summed E-state index contributed by atoms with van der Waals surface area (Å²) in [5, 5.41) is 1.15. The van der Waals surface area contributed by atoms with Crippen molar-refractivity contribution in [1.29, 1.82) is 0 Å². The fraction of sp³-hybridized carbons (Fsp3) is 0.0303. The standard InChI is InChI=1S/C33H23BN2O/c1-22-20-27-25-16-8-10-18-28(25)36(24-14-6-3-7-15-24)34-31(27)29(21-22)35(23-12-4-2-5-13-23)33-32(34)26-17-9-11-19-30(26)37-33/h2-21H,1H3. The number of furan rings is 1. The zero-order valence-corrected chi connectivity index (χ0v) is 20.4. The fourth-order valence-electron chi connectivity index (χ4n) is 6.23. The predicted molar refractivity (Wildman–Crippen MR) is 155 cm³/mol. The smallest absolute Gasteiger partial charge is 0.337 e. The van der Waals surface area contributed by atoms with Gasteiger partial charge in [-0.3, -0.25) is 4.90 Å². The minimum Gasteiger partial charge on any atom is -0.440 e. The molecule has 0 aliphatic carbocycles. The van der Waals surface area contributed by atoms with Crippen LogP contribution in [0.4, 0.5) is 28.6 Å². The lowest BCUT2D eigenvalue weighted by atomic mass is 9.43. The number of nitrogens with zero attached hydrogens (tertiary/aromatic N) is 2. The van der Waals surface area contributed by atoms with E-state index in [1.807, 2.05) is 0 Å². The highest BCUT2D eigenvalue weighted by atomic mass is 16.4. The van der Waals surface area contributed by atoms with E-state index in [1.54, 1.807) is 0 Å². The highest BCUT2D eigenvalue weighted by molar-refractivity contribution is 6.95. The van der Waals surface area contributed by atoms with Crippen molar-refractivity contribution in [2.24, 2.45) is 0 Å². The average Bonchev–Trinajstić information content (AvgIpc) is 3.33. The van der Waals surface area contributed by atoms with Gasteiger partial charge < -0.3 is 9.23 Å². The molecule has 5 aromatic carbocycles. The Kier molecular flexibility index (Phi) is 4.24. The number of hydrogen-bond acceptors (Lipinski definition) is 3. The molecule has 2 aliphatic rings. The Bertz CT molecular complexity index is 1810. The summed E-state index contributed by atoms with van der Waals surface area (Å²) in [5.74, 6) is 0.891. The van der Waals surface area contributed by atoms with Crippen LogP contribution < -0.4 is 20.6 Å². The largest absolute Gasteiger partial charge is 0.440 e. The summed E-state index contributed by atoms with van der Waals surface area (Å²) in [5.41, 5.74) is 11.9. The molecule has 174 valence electrons. The topological polar surface area (TPSA) is 19.6 Å². The molecule has 0 saturated heterocycles. The van der Waals surface area contributed by atoms with Crippen molar-refractivity contribution < 1.29 is 4.42 Å². The van der Waals surface area contributed by atoms with E-state index in [9.17, 15) is 0 Å². The minimum atomic E-state index is -0.0264. The minimum absolute atomic E-state index is 0.0264. The van der Waals surface area contributed by atoms with Gasteiger partial charge in [0.2, 0.25) is 5.88 Å². The van der Waals surface area contributed by atoms with Crippen LogP contribution in [0, 0.1) is 6.92 Å². The number of anilines is 5. The van der Waals surface area contributed by atoms with E-state index in [2.05, 4.69) is 138 Å². The number of hydrogen-bond donors (Lipinski definition) is 0. The second kappa shape index (κ2) is 7.65. The van der Waals surface area contributed by atoms with Crippen molar-refractivity contribution in [3.63, 3.8) is 0 Å². The Morgan fingerprint density at radius 1 is 0.595 bits per heavy atom. The molecule has 0 fully saturated rings. The van der Waals surface area contributed by atoms with Gasteiger partial charge in [-0.05, 0) is 66.0 Å². The lowest BCUT2D eigenvalue weighted by molar-refractivity contribution is 0.622. The van der Waals surface area contributed by atoms with Crippen molar-refractivity contribution in [2.75, 3.05) is 9.71 Å². The molecule has 0 spiro atoms. The Hall–Kier alpha value is -4.70. The quantitative estimate of drug-likeness (QED) is 0.243. The van der Waals surface area contributed by atoms with Gasteiger partial charge in [0.15, 0.2) is 0 Å². The van der Waals surface area contributed by atoms with Crippen LogP contribution in [0.3, 0.4) is 0 Å². The van der Waals surface area contributed by atoms with Crippen LogP contribution in [0.15, 0.2) is 126 Å². The first-order chi connectivity index (χ1) is 18.3. The molecule has 0 atom stereocenters. The molecule has 0 bridgehead atoms. The number of aryl methyl sites for hydroxylation is 1. The number of rotatable bonds is 2. The third kappa shape index (κ3) is 2.84. The zero-order valence-electron chi connectivity index (χ0n) is 20.4. The SMILES string of the molecule is Cc1cc2c3c(c1)N(c1ccccc1)c1oc4ccccc4c1B3N(c1ccccc1)c1ccccc1-2. The molecule has 3 nitrogen and oxygen atoms in total. The lowest BCUT2D eigenvalue weighted by Crippen LogP contribution is -2.61. The second-order valence-corrected chi connectivity index (χ2v) is 9.86. The molecule has 1 aromatic heterocycles. The predicted octanol–water partition coefficient (Wildman–Crippen LogP) is 7.45. The van der Waals surface area contributed by atoms with E-state index in [-0.39, 0.29) is 6.85 Å². The van der Waals surface area contributed by atoms with Crippen LogP contribution in [0.25, 0.3) is 22.1 Å². The van der Waals surface area contributed by atoms with Gasteiger partial charge in [0.25, 0.3) is 0 Å². The molecule has 4 heteroatoms. The van der Waals surface area contributed by atoms with Gasteiger partial charge in [-0.1, -0.05) is 78.9 Å². The molecule has 6 aromatic rings. The van der Waals surface area contributed by atoms with Crippen LogP contribution >= 0.6 is 0 Å². The summed E-state index contributed by atoms with van der Waals surface area (Å²) >= 11 is 0. The first-order valence-electron chi connectivity index (χ1n) is 12.7. The Balaban J connectivity index is 1.55. The molecular weight excluding hydrogens is 451 g/mol. The van der Waals surface area contributed by atoms with E-state index >= 15 is 0 Å². The van der Waals surface area contributed by atoms with Crippen molar-refractivity contribution in [3.8, 4) is 11.1 Å². The summed E-state index contributed by atoms with van der Waals surface area (Å²) in [6.07, 6.45) is 0. The molecule has 0 unspecified atom stereocenters. The maximum atomic E-state index is 6.72. The monoisotopic (exact) mass is 474 g/mol. The van der Waals surface area contributed by atoms with Crippen LogP contribution in [0.2, 0.25) is 0 Å². The maximum absolute atomic E-state index is 6.72. The molecule has 8 rings (SSSR count). The first-order valence-corrected chi connectivity index (χ1v) is 12.7. The summed E-state index contributed by atoms with van der Waals surface area (Å²) in [6.45, 7) is 2.16. The van der Waals surface area contributed by atoms with Gasteiger partial charge >= 0.3 is 6.85 Å². The van der Waals surface area contributed by atoms with E-state index < -0.39 is 0 Å². The lowest BCUT2D eigenvalue weighted by Gasteiger charge is -2.44. The second-order valence-electron chi connectivity index (χ2n) is 9.86. The molecular formula is C33H23BN2O. The van der Waals surface area contributed by atoms with Gasteiger partial charge in [-0.2, -0.15) is 0 Å². The number of fused-ring (bicyclic) bond motifs is 6. The highest BCUT2D eigenvalue weighted by Gasteiger charge is 2.47. The van der Waals surface area contributed by atoms with E-state index in [0.29, 0.717) is 0 Å². The number of benzene rings is 5. The van der Waals surface area contributed by atoms with Crippen molar-refractivity contribution >= 4 is 57.4 Å². The van der Waals surface area contributed by atoms with E-state index in [0.717, 1.165) is 22.5 Å². The maximum Gasteiger partial charge on any atom is 0.337 e. The normalized spacial score (nSPS) is 13.4.